The molecule has 4 aromatic heterocycles. The molecule has 1 saturated carbocycles. The number of nitrogens with two attached hydrogens (primary N) is 1. The van der Waals surface area contributed by atoms with Crippen LogP contribution < -0.4 is 10.5 Å². The number of fused-ring (bicyclic) bond motifs is 2. The van der Waals surface area contributed by atoms with Gasteiger partial charge in [-0.2, -0.15) is 14.7 Å². The Balaban J connectivity index is 1.36. The molecule has 1 aliphatic rings. The highest BCUT2D eigenvalue weighted by Gasteiger charge is 2.32. The molecule has 212 valence electrons. The van der Waals surface area contributed by atoms with Crippen molar-refractivity contribution in [3.8, 4) is 16.9 Å². The maximum atomic E-state index is 13.3. The molecule has 0 bridgehead atoms. The predicted molar refractivity (Wildman–Crippen MR) is 157 cm³/mol. The monoisotopic (exact) mass is 553 g/mol. The number of hydrogen-bond donors (Lipinski definition) is 2. The maximum Gasteiger partial charge on any atom is 0.291 e. The Hall–Kier alpha value is -4.54. The first-order valence-electron chi connectivity index (χ1n) is 14.3. The molecule has 0 spiro atoms. The number of methoxy groups -OCH3 is 1. The van der Waals surface area contributed by atoms with Gasteiger partial charge in [-0.3, -0.25) is 14.9 Å². The summed E-state index contributed by atoms with van der Waals surface area (Å²) in [5.41, 5.74) is 12.2. The summed E-state index contributed by atoms with van der Waals surface area (Å²) in [6, 6.07) is 7.94. The van der Waals surface area contributed by atoms with Crippen molar-refractivity contribution in [2.45, 2.75) is 64.3 Å². The lowest BCUT2D eigenvalue weighted by Gasteiger charge is -2.30. The number of hydrogen-bond acceptors (Lipinski definition) is 8. The largest absolute Gasteiger partial charge is 0.497 e. The van der Waals surface area contributed by atoms with Gasteiger partial charge in [-0.15, -0.1) is 0 Å². The number of nitrogens with one attached hydrogen (secondary N) is 1. The Morgan fingerprint density at radius 2 is 2.07 bits per heavy atom. The van der Waals surface area contributed by atoms with Crippen molar-refractivity contribution in [2.75, 3.05) is 19.4 Å². The number of aryl methyl sites for hydroxylation is 1. The molecule has 41 heavy (non-hydrogen) atoms. The quantitative estimate of drug-likeness (QED) is 0.238. The van der Waals surface area contributed by atoms with E-state index in [-0.39, 0.29) is 17.8 Å². The minimum absolute atomic E-state index is 0.0305. The summed E-state index contributed by atoms with van der Waals surface area (Å²) in [5.74, 6) is 1.96. The van der Waals surface area contributed by atoms with E-state index in [0.29, 0.717) is 30.3 Å². The number of aromatic amines is 1. The molecular weight excluding hydrogens is 518 g/mol. The summed E-state index contributed by atoms with van der Waals surface area (Å²) in [7, 11) is 1.66. The highest BCUT2D eigenvalue weighted by atomic mass is 16.5. The number of H-pyrrole nitrogens is 1. The van der Waals surface area contributed by atoms with Gasteiger partial charge >= 0.3 is 0 Å². The van der Waals surface area contributed by atoms with E-state index in [9.17, 15) is 4.79 Å². The zero-order chi connectivity index (χ0) is 28.5. The molecule has 11 nitrogen and oxygen atoms in total. The van der Waals surface area contributed by atoms with Crippen LogP contribution >= 0.6 is 0 Å². The van der Waals surface area contributed by atoms with Crippen LogP contribution in [-0.4, -0.2) is 65.3 Å². The molecule has 0 saturated heterocycles. The molecule has 6 rings (SSSR count). The van der Waals surface area contributed by atoms with Crippen molar-refractivity contribution in [3.63, 3.8) is 0 Å². The molecule has 1 atom stereocenters. The third-order valence-corrected chi connectivity index (χ3v) is 7.95. The van der Waals surface area contributed by atoms with Gasteiger partial charge in [0.2, 0.25) is 5.82 Å². The lowest BCUT2D eigenvalue weighted by molar-refractivity contribution is 0.0650. The summed E-state index contributed by atoms with van der Waals surface area (Å²) >= 11 is 0. The fourth-order valence-corrected chi connectivity index (χ4v) is 5.69. The fraction of sp³-hybridized carbons (Fsp3) is 0.400. The molecule has 0 radical (unpaired) electrons. The first kappa shape index (κ1) is 26.7. The predicted octanol–water partition coefficient (Wildman–Crippen LogP) is 4.79. The van der Waals surface area contributed by atoms with Crippen LogP contribution in [-0.2, 0) is 6.42 Å². The number of ether oxygens (including phenoxy) is 1. The van der Waals surface area contributed by atoms with Crippen LogP contribution in [0.1, 0.15) is 73.7 Å². The second-order valence-corrected chi connectivity index (χ2v) is 10.6. The molecule has 1 aromatic carbocycles. The second-order valence-electron chi connectivity index (χ2n) is 10.6. The van der Waals surface area contributed by atoms with Gasteiger partial charge in [-0.25, -0.2) is 9.97 Å². The number of pyridine rings is 1. The first-order chi connectivity index (χ1) is 20.0. The molecule has 0 aliphatic heterocycles. The number of benzene rings is 1. The summed E-state index contributed by atoms with van der Waals surface area (Å²) in [5, 5.41) is 12.2. The van der Waals surface area contributed by atoms with Crippen molar-refractivity contribution < 1.29 is 9.53 Å². The van der Waals surface area contributed by atoms with Crippen LogP contribution in [0.25, 0.3) is 27.7 Å². The molecule has 1 amide bonds. The second kappa shape index (κ2) is 11.1. The van der Waals surface area contributed by atoms with Gasteiger partial charge in [0.1, 0.15) is 17.9 Å². The number of aromatic nitrogens is 7. The van der Waals surface area contributed by atoms with E-state index in [1.54, 1.807) is 11.6 Å². The standard InChI is InChI=1S/C30H35N9O2/c1-4-12-38(30(40)28-33-17-34-37-28)21(5-2)8-10-25-26(18-6-7-18)27(31)39-29(36-25)23(16-35-39)20-13-19-14-22(41-3)9-11-24(19)32-15-20/h9,11,13-18,21H,4-8,10,12,31H2,1-3H3,(H,33,34,37)/t21-/m1/s1. The van der Waals surface area contributed by atoms with Crippen LogP contribution in [0, 0.1) is 0 Å². The SMILES string of the molecule is CCCN(C(=O)c1ncn[nH]1)[C@H](CC)CCc1nc2c(-c3cnc4ccc(OC)cc4c3)cnn2c(N)c1C1CC1. The fourth-order valence-electron chi connectivity index (χ4n) is 5.69. The van der Waals surface area contributed by atoms with E-state index in [4.69, 9.17) is 15.5 Å². The van der Waals surface area contributed by atoms with E-state index in [1.807, 2.05) is 35.5 Å². The normalized spacial score (nSPS) is 14.0. The van der Waals surface area contributed by atoms with Gasteiger partial charge in [0, 0.05) is 40.9 Å². The van der Waals surface area contributed by atoms with Gasteiger partial charge in [-0.1, -0.05) is 13.8 Å². The summed E-state index contributed by atoms with van der Waals surface area (Å²) < 4.78 is 7.17. The van der Waals surface area contributed by atoms with Crippen molar-refractivity contribution in [3.05, 3.63) is 60.1 Å². The highest BCUT2D eigenvalue weighted by molar-refractivity contribution is 5.90. The number of amides is 1. The van der Waals surface area contributed by atoms with E-state index < -0.39 is 0 Å². The molecule has 3 N–H and O–H groups in total. The number of carbonyl (C=O) groups is 1. The highest BCUT2D eigenvalue weighted by Crippen LogP contribution is 2.45. The molecule has 1 fully saturated rings. The number of nitrogens with zero attached hydrogens (tertiary/aromatic N) is 7. The first-order valence-corrected chi connectivity index (χ1v) is 14.3. The minimum Gasteiger partial charge on any atom is -0.497 e. The van der Waals surface area contributed by atoms with E-state index in [0.717, 1.165) is 71.1 Å². The average Bonchev–Trinajstić information content (AvgIpc) is 3.49. The van der Waals surface area contributed by atoms with E-state index >= 15 is 0 Å². The Bertz CT molecular complexity index is 1690. The van der Waals surface area contributed by atoms with Crippen LogP contribution in [0.3, 0.4) is 0 Å². The van der Waals surface area contributed by atoms with Crippen LogP contribution in [0.4, 0.5) is 5.82 Å². The lowest BCUT2D eigenvalue weighted by atomic mass is 10.00. The molecule has 11 heteroatoms. The van der Waals surface area contributed by atoms with E-state index in [2.05, 4.69) is 45.2 Å². The smallest absolute Gasteiger partial charge is 0.291 e. The summed E-state index contributed by atoms with van der Waals surface area (Å²) in [6.45, 7) is 4.84. The zero-order valence-corrected chi connectivity index (χ0v) is 23.7. The number of rotatable bonds is 11. The molecular formula is C30H35N9O2. The van der Waals surface area contributed by atoms with Crippen molar-refractivity contribution in [1.29, 1.82) is 0 Å². The van der Waals surface area contributed by atoms with Gasteiger partial charge in [0.25, 0.3) is 5.91 Å². The van der Waals surface area contributed by atoms with Crippen molar-refractivity contribution >= 4 is 28.3 Å². The van der Waals surface area contributed by atoms with Crippen molar-refractivity contribution in [2.24, 2.45) is 0 Å². The Morgan fingerprint density at radius 1 is 1.22 bits per heavy atom. The van der Waals surface area contributed by atoms with Gasteiger partial charge in [-0.05, 0) is 68.7 Å². The van der Waals surface area contributed by atoms with Crippen LogP contribution in [0.15, 0.2) is 43.0 Å². The molecule has 5 aromatic rings. The Morgan fingerprint density at radius 3 is 2.78 bits per heavy atom. The molecule has 0 unspecified atom stereocenters. The zero-order valence-electron chi connectivity index (χ0n) is 23.7. The Kier molecular flexibility index (Phi) is 7.25. The summed E-state index contributed by atoms with van der Waals surface area (Å²) in [6.07, 6.45) is 10.4. The number of carbonyl (C=O) groups excluding carboxylic acids is 1. The number of anilines is 1. The topological polar surface area (TPSA) is 140 Å². The minimum atomic E-state index is -0.125. The average molecular weight is 554 g/mol. The third kappa shape index (κ3) is 5.07. The van der Waals surface area contributed by atoms with Gasteiger partial charge in [0.05, 0.1) is 24.5 Å². The van der Waals surface area contributed by atoms with Crippen LogP contribution in [0.2, 0.25) is 0 Å². The van der Waals surface area contributed by atoms with Gasteiger partial charge < -0.3 is 15.4 Å². The van der Waals surface area contributed by atoms with Crippen molar-refractivity contribution in [1.82, 2.24) is 39.7 Å². The molecule has 4 heterocycles. The lowest BCUT2D eigenvalue weighted by Crippen LogP contribution is -2.41. The van der Waals surface area contributed by atoms with Gasteiger partial charge in [0.15, 0.2) is 5.65 Å². The molecule has 1 aliphatic carbocycles. The van der Waals surface area contributed by atoms with Crippen LogP contribution in [0.5, 0.6) is 5.75 Å². The number of nitrogen functional groups attached to an aromatic ring is 1. The van der Waals surface area contributed by atoms with E-state index in [1.165, 1.54) is 6.33 Å². The Labute approximate surface area is 238 Å². The summed E-state index contributed by atoms with van der Waals surface area (Å²) in [4.78, 5) is 29.1. The maximum absolute atomic E-state index is 13.3. The third-order valence-electron chi connectivity index (χ3n) is 7.95.